The largest absolute Gasteiger partial charge is 0.458 e. The van der Waals surface area contributed by atoms with Crippen LogP contribution >= 0.6 is 0 Å². The Hall–Kier alpha value is -1.57. The van der Waals surface area contributed by atoms with Crippen molar-refractivity contribution in [1.29, 1.82) is 0 Å². The summed E-state index contributed by atoms with van der Waals surface area (Å²) in [4.78, 5) is 10.8. The lowest BCUT2D eigenvalue weighted by Crippen LogP contribution is -2.11. The van der Waals surface area contributed by atoms with Crippen LogP contribution in [-0.2, 0) is 9.53 Å². The van der Waals surface area contributed by atoms with Crippen molar-refractivity contribution in [3.63, 3.8) is 0 Å². The molecule has 1 rings (SSSR count). The van der Waals surface area contributed by atoms with E-state index in [1.165, 1.54) is 6.92 Å². The van der Waals surface area contributed by atoms with Gasteiger partial charge in [-0.15, -0.1) is 0 Å². The predicted octanol–water partition coefficient (Wildman–Crippen LogP) is 3.04. The van der Waals surface area contributed by atoms with Gasteiger partial charge in [0.05, 0.1) is 0 Å². The molecular weight excluding hydrogens is 188 g/mol. The summed E-state index contributed by atoms with van der Waals surface area (Å²) in [6.45, 7) is 3.42. The Bertz CT molecular complexity index is 328. The number of hydrogen-bond acceptors (Lipinski definition) is 2. The van der Waals surface area contributed by atoms with Gasteiger partial charge in [0.25, 0.3) is 0 Å². The van der Waals surface area contributed by atoms with Crippen LogP contribution in [0.4, 0.5) is 0 Å². The van der Waals surface area contributed by atoms with Crippen LogP contribution in [0.15, 0.2) is 36.4 Å². The quantitative estimate of drug-likeness (QED) is 0.705. The fourth-order valence-electron chi connectivity index (χ4n) is 1.25. The number of carbonyl (C=O) groups is 1. The number of carbonyl (C=O) groups excluding carboxylic acids is 1. The van der Waals surface area contributed by atoms with Crippen LogP contribution in [0.25, 0.3) is 6.08 Å². The van der Waals surface area contributed by atoms with Crippen molar-refractivity contribution in [1.82, 2.24) is 0 Å². The predicted molar refractivity (Wildman–Crippen MR) is 61.3 cm³/mol. The average molecular weight is 204 g/mol. The second kappa shape index (κ2) is 6.02. The summed E-state index contributed by atoms with van der Waals surface area (Å²) in [5.74, 6) is -0.237. The monoisotopic (exact) mass is 204 g/mol. The highest BCUT2D eigenvalue weighted by Crippen LogP contribution is 2.06. The van der Waals surface area contributed by atoms with E-state index in [9.17, 15) is 4.79 Å². The van der Waals surface area contributed by atoms with Crippen molar-refractivity contribution in [3.05, 3.63) is 42.0 Å². The van der Waals surface area contributed by atoms with Crippen molar-refractivity contribution in [2.75, 3.05) is 0 Å². The van der Waals surface area contributed by atoms with Crippen LogP contribution in [0.3, 0.4) is 0 Å². The summed E-state index contributed by atoms with van der Waals surface area (Å²) in [6.07, 6.45) is 4.55. The lowest BCUT2D eigenvalue weighted by Gasteiger charge is -2.09. The number of ether oxygens (including phenoxy) is 1. The lowest BCUT2D eigenvalue weighted by atomic mass is 10.1. The number of rotatable bonds is 4. The Balaban J connectivity index is 2.58. The molecule has 2 heteroatoms. The van der Waals surface area contributed by atoms with Gasteiger partial charge in [0.1, 0.15) is 6.10 Å². The van der Waals surface area contributed by atoms with Gasteiger partial charge in [-0.2, -0.15) is 0 Å². The zero-order chi connectivity index (χ0) is 11.1. The van der Waals surface area contributed by atoms with Gasteiger partial charge in [0, 0.05) is 6.92 Å². The summed E-state index contributed by atoms with van der Waals surface area (Å²) in [6, 6.07) is 9.95. The molecule has 2 nitrogen and oxygen atoms in total. The maximum absolute atomic E-state index is 10.8. The first-order chi connectivity index (χ1) is 7.22. The molecule has 0 fully saturated rings. The van der Waals surface area contributed by atoms with Crippen LogP contribution in [0, 0.1) is 0 Å². The van der Waals surface area contributed by atoms with E-state index in [4.69, 9.17) is 4.74 Å². The van der Waals surface area contributed by atoms with Gasteiger partial charge < -0.3 is 4.74 Å². The van der Waals surface area contributed by atoms with E-state index >= 15 is 0 Å². The zero-order valence-corrected chi connectivity index (χ0v) is 9.14. The molecule has 0 aliphatic rings. The number of benzene rings is 1. The third-order valence-corrected chi connectivity index (χ3v) is 2.02. The average Bonchev–Trinajstić information content (AvgIpc) is 2.25. The maximum Gasteiger partial charge on any atom is 0.303 e. The number of hydrogen-bond donors (Lipinski definition) is 0. The SMILES string of the molecule is CC[C@@H](/C=C/c1ccccc1)OC(C)=O. The molecule has 0 bridgehead atoms. The molecule has 1 atom stereocenters. The van der Waals surface area contributed by atoms with Crippen molar-refractivity contribution in [3.8, 4) is 0 Å². The zero-order valence-electron chi connectivity index (χ0n) is 9.14. The van der Waals surface area contributed by atoms with E-state index in [0.29, 0.717) is 0 Å². The van der Waals surface area contributed by atoms with Crippen molar-refractivity contribution >= 4 is 12.0 Å². The molecule has 0 aliphatic heterocycles. The maximum atomic E-state index is 10.8. The van der Waals surface area contributed by atoms with Crippen LogP contribution in [0.2, 0.25) is 0 Å². The summed E-state index contributed by atoms with van der Waals surface area (Å²) < 4.78 is 5.10. The van der Waals surface area contributed by atoms with E-state index in [2.05, 4.69) is 0 Å². The molecule has 1 aromatic rings. The molecule has 0 radical (unpaired) electrons. The molecule has 15 heavy (non-hydrogen) atoms. The Morgan fingerprint density at radius 1 is 1.40 bits per heavy atom. The van der Waals surface area contributed by atoms with E-state index in [-0.39, 0.29) is 12.1 Å². The minimum atomic E-state index is -0.237. The second-order valence-corrected chi connectivity index (χ2v) is 3.33. The highest BCUT2D eigenvalue weighted by Gasteiger charge is 2.03. The minimum Gasteiger partial charge on any atom is -0.458 e. The van der Waals surface area contributed by atoms with Crippen LogP contribution in [0.1, 0.15) is 25.8 Å². The van der Waals surface area contributed by atoms with E-state index < -0.39 is 0 Å². The topological polar surface area (TPSA) is 26.3 Å². The van der Waals surface area contributed by atoms with Gasteiger partial charge in [0.2, 0.25) is 0 Å². The third-order valence-electron chi connectivity index (χ3n) is 2.02. The highest BCUT2D eigenvalue weighted by atomic mass is 16.5. The fraction of sp³-hybridized carbons (Fsp3) is 0.308. The first-order valence-electron chi connectivity index (χ1n) is 5.13. The Kier molecular flexibility index (Phi) is 4.61. The first-order valence-corrected chi connectivity index (χ1v) is 5.13. The molecule has 0 heterocycles. The Labute approximate surface area is 90.6 Å². The molecule has 1 aromatic carbocycles. The van der Waals surface area contributed by atoms with Crippen molar-refractivity contribution in [2.24, 2.45) is 0 Å². The molecule has 80 valence electrons. The van der Waals surface area contributed by atoms with Crippen LogP contribution in [0.5, 0.6) is 0 Å². The Morgan fingerprint density at radius 3 is 2.60 bits per heavy atom. The minimum absolute atomic E-state index is 0.122. The van der Waals surface area contributed by atoms with Gasteiger partial charge in [0.15, 0.2) is 0 Å². The summed E-state index contributed by atoms with van der Waals surface area (Å²) in [5.41, 5.74) is 1.11. The molecule has 0 saturated heterocycles. The van der Waals surface area contributed by atoms with Gasteiger partial charge in [-0.25, -0.2) is 0 Å². The summed E-state index contributed by atoms with van der Waals surface area (Å²) in [7, 11) is 0. The second-order valence-electron chi connectivity index (χ2n) is 3.33. The number of esters is 1. The summed E-state index contributed by atoms with van der Waals surface area (Å²) >= 11 is 0. The molecule has 0 saturated carbocycles. The van der Waals surface area contributed by atoms with Crippen LogP contribution in [-0.4, -0.2) is 12.1 Å². The van der Waals surface area contributed by atoms with Crippen molar-refractivity contribution in [2.45, 2.75) is 26.4 Å². The standard InChI is InChI=1S/C13H16O2/c1-3-13(15-11(2)14)10-9-12-7-5-4-6-8-12/h4-10,13H,3H2,1-2H3/b10-9+/t13-/m0/s1. The third kappa shape index (κ3) is 4.45. The fourth-order valence-corrected chi connectivity index (χ4v) is 1.25. The van der Waals surface area contributed by atoms with E-state index in [0.717, 1.165) is 12.0 Å². The molecule has 0 amide bonds. The molecular formula is C13H16O2. The summed E-state index contributed by atoms with van der Waals surface area (Å²) in [5, 5.41) is 0. The molecule has 0 spiro atoms. The van der Waals surface area contributed by atoms with Gasteiger partial charge in [-0.1, -0.05) is 43.3 Å². The Morgan fingerprint density at radius 2 is 2.07 bits per heavy atom. The van der Waals surface area contributed by atoms with Crippen molar-refractivity contribution < 1.29 is 9.53 Å². The molecule has 0 aliphatic carbocycles. The lowest BCUT2D eigenvalue weighted by molar-refractivity contribution is -0.144. The normalized spacial score (nSPS) is 12.7. The molecule has 0 unspecified atom stereocenters. The van der Waals surface area contributed by atoms with Gasteiger partial charge >= 0.3 is 5.97 Å². The highest BCUT2D eigenvalue weighted by molar-refractivity contribution is 5.66. The van der Waals surface area contributed by atoms with Gasteiger partial charge in [-0.3, -0.25) is 4.79 Å². The van der Waals surface area contributed by atoms with E-state index in [1.54, 1.807) is 0 Å². The first kappa shape index (κ1) is 11.5. The smallest absolute Gasteiger partial charge is 0.303 e. The van der Waals surface area contributed by atoms with E-state index in [1.807, 2.05) is 49.4 Å². The molecule has 0 N–H and O–H groups in total. The van der Waals surface area contributed by atoms with Gasteiger partial charge in [-0.05, 0) is 18.1 Å². The molecule has 0 aromatic heterocycles. The van der Waals surface area contributed by atoms with Crippen LogP contribution < -0.4 is 0 Å².